The molecular formula is C20H29ClN4OS. The number of benzene rings is 1. The van der Waals surface area contributed by atoms with Gasteiger partial charge in [-0.3, -0.25) is 14.5 Å². The number of halogens is 1. The van der Waals surface area contributed by atoms with E-state index in [1.165, 1.54) is 0 Å². The molecule has 0 unspecified atom stereocenters. The van der Waals surface area contributed by atoms with E-state index in [0.717, 1.165) is 31.5 Å². The van der Waals surface area contributed by atoms with Crippen LogP contribution in [0.25, 0.3) is 11.4 Å². The van der Waals surface area contributed by atoms with Gasteiger partial charge >= 0.3 is 0 Å². The Morgan fingerprint density at radius 2 is 1.70 bits per heavy atom. The van der Waals surface area contributed by atoms with Crippen LogP contribution in [0.3, 0.4) is 0 Å². The van der Waals surface area contributed by atoms with Crippen LogP contribution in [-0.4, -0.2) is 38.7 Å². The lowest BCUT2D eigenvalue weighted by Gasteiger charge is -2.25. The van der Waals surface area contributed by atoms with Crippen molar-refractivity contribution in [2.45, 2.75) is 47.1 Å². The smallest absolute Gasteiger partial charge is 0.242 e. The minimum Gasteiger partial charge on any atom is -0.341 e. The molecule has 1 aromatic carbocycles. The van der Waals surface area contributed by atoms with E-state index >= 15 is 0 Å². The Hall–Kier alpha value is -1.66. The van der Waals surface area contributed by atoms with Crippen LogP contribution < -0.4 is 0 Å². The minimum atomic E-state index is 0.0732. The SMILES string of the molecule is CC(C)CCN(CCC(C)C)C(=O)Cn1c(-c2ccc(Cl)cc2)n[nH]c1=S. The molecule has 0 saturated carbocycles. The van der Waals surface area contributed by atoms with Gasteiger partial charge in [0.1, 0.15) is 6.54 Å². The van der Waals surface area contributed by atoms with Crippen LogP contribution >= 0.6 is 23.8 Å². The van der Waals surface area contributed by atoms with Crippen LogP contribution in [0.5, 0.6) is 0 Å². The van der Waals surface area contributed by atoms with E-state index in [1.54, 1.807) is 16.7 Å². The van der Waals surface area contributed by atoms with Crippen molar-refractivity contribution in [3.63, 3.8) is 0 Å². The van der Waals surface area contributed by atoms with Crippen molar-refractivity contribution in [3.05, 3.63) is 34.1 Å². The molecule has 0 aliphatic carbocycles. The summed E-state index contributed by atoms with van der Waals surface area (Å²) in [5.41, 5.74) is 0.871. The summed E-state index contributed by atoms with van der Waals surface area (Å²) in [6.07, 6.45) is 1.98. The second kappa shape index (κ2) is 10.0. The summed E-state index contributed by atoms with van der Waals surface area (Å²) in [7, 11) is 0. The third kappa shape index (κ3) is 6.47. The van der Waals surface area contributed by atoms with Crippen molar-refractivity contribution >= 4 is 29.7 Å². The third-order valence-electron chi connectivity index (χ3n) is 4.46. The maximum Gasteiger partial charge on any atom is 0.242 e. The fourth-order valence-corrected chi connectivity index (χ4v) is 3.03. The first-order valence-corrected chi connectivity index (χ1v) is 10.3. The van der Waals surface area contributed by atoms with Gasteiger partial charge in [-0.25, -0.2) is 0 Å². The first-order valence-electron chi connectivity index (χ1n) is 9.46. The highest BCUT2D eigenvalue weighted by Crippen LogP contribution is 2.20. The molecule has 1 N–H and O–H groups in total. The molecule has 0 saturated heterocycles. The van der Waals surface area contributed by atoms with Crippen LogP contribution in [0, 0.1) is 16.6 Å². The number of aromatic nitrogens is 3. The second-order valence-corrected chi connectivity index (χ2v) is 8.51. The number of H-pyrrole nitrogens is 1. The Morgan fingerprint density at radius 1 is 1.15 bits per heavy atom. The summed E-state index contributed by atoms with van der Waals surface area (Å²) in [6, 6.07) is 7.36. The Morgan fingerprint density at radius 3 is 2.22 bits per heavy atom. The molecule has 0 spiro atoms. The van der Waals surface area contributed by atoms with Gasteiger partial charge in [0, 0.05) is 23.7 Å². The second-order valence-electron chi connectivity index (χ2n) is 7.69. The van der Waals surface area contributed by atoms with Crippen LogP contribution in [-0.2, 0) is 11.3 Å². The fraction of sp³-hybridized carbons (Fsp3) is 0.550. The summed E-state index contributed by atoms with van der Waals surface area (Å²) in [4.78, 5) is 15.0. The van der Waals surface area contributed by atoms with E-state index in [2.05, 4.69) is 37.9 Å². The van der Waals surface area contributed by atoms with Crippen molar-refractivity contribution in [2.24, 2.45) is 11.8 Å². The Labute approximate surface area is 171 Å². The number of nitrogens with one attached hydrogen (secondary N) is 1. The predicted molar refractivity (Wildman–Crippen MR) is 113 cm³/mol. The lowest BCUT2D eigenvalue weighted by Crippen LogP contribution is -2.36. The van der Waals surface area contributed by atoms with Gasteiger partial charge in [-0.2, -0.15) is 5.10 Å². The topological polar surface area (TPSA) is 53.9 Å². The maximum absolute atomic E-state index is 13.0. The number of nitrogens with zero attached hydrogens (tertiary/aromatic N) is 3. The van der Waals surface area contributed by atoms with Crippen molar-refractivity contribution in [3.8, 4) is 11.4 Å². The molecule has 1 amide bonds. The molecular weight excluding hydrogens is 380 g/mol. The van der Waals surface area contributed by atoms with Gasteiger partial charge in [-0.15, -0.1) is 0 Å². The van der Waals surface area contributed by atoms with E-state index in [4.69, 9.17) is 23.8 Å². The Kier molecular flexibility index (Phi) is 8.05. The molecule has 0 aliphatic heterocycles. The zero-order chi connectivity index (χ0) is 20.0. The number of carbonyl (C=O) groups excluding carboxylic acids is 1. The first kappa shape index (κ1) is 21.6. The molecule has 5 nitrogen and oxygen atoms in total. The van der Waals surface area contributed by atoms with Gasteiger partial charge in [0.15, 0.2) is 10.6 Å². The molecule has 0 atom stereocenters. The molecule has 0 bridgehead atoms. The molecule has 2 rings (SSSR count). The summed E-state index contributed by atoms with van der Waals surface area (Å²) in [6.45, 7) is 10.4. The summed E-state index contributed by atoms with van der Waals surface area (Å²) < 4.78 is 2.21. The number of aromatic amines is 1. The monoisotopic (exact) mass is 408 g/mol. The van der Waals surface area contributed by atoms with Crippen molar-refractivity contribution in [1.29, 1.82) is 0 Å². The van der Waals surface area contributed by atoms with Gasteiger partial charge in [0.05, 0.1) is 0 Å². The van der Waals surface area contributed by atoms with E-state index in [9.17, 15) is 4.79 Å². The third-order valence-corrected chi connectivity index (χ3v) is 5.02. The van der Waals surface area contributed by atoms with Crippen LogP contribution in [0.4, 0.5) is 0 Å². The fourth-order valence-electron chi connectivity index (χ4n) is 2.71. The summed E-state index contributed by atoms with van der Waals surface area (Å²) in [5.74, 6) is 1.84. The van der Waals surface area contributed by atoms with Crippen molar-refractivity contribution < 1.29 is 4.79 Å². The molecule has 0 radical (unpaired) electrons. The average molecular weight is 409 g/mol. The molecule has 148 valence electrons. The number of amides is 1. The number of carbonyl (C=O) groups is 1. The van der Waals surface area contributed by atoms with Crippen LogP contribution in [0.15, 0.2) is 24.3 Å². The quantitative estimate of drug-likeness (QED) is 0.581. The van der Waals surface area contributed by atoms with E-state index in [0.29, 0.717) is 27.5 Å². The van der Waals surface area contributed by atoms with Crippen molar-refractivity contribution in [1.82, 2.24) is 19.7 Å². The number of hydrogen-bond acceptors (Lipinski definition) is 3. The molecule has 7 heteroatoms. The van der Waals surface area contributed by atoms with Crippen LogP contribution in [0.2, 0.25) is 5.02 Å². The minimum absolute atomic E-state index is 0.0732. The maximum atomic E-state index is 13.0. The van der Waals surface area contributed by atoms with Gasteiger partial charge < -0.3 is 4.90 Å². The largest absolute Gasteiger partial charge is 0.341 e. The highest BCUT2D eigenvalue weighted by atomic mass is 35.5. The average Bonchev–Trinajstić information content (AvgIpc) is 2.96. The van der Waals surface area contributed by atoms with Gasteiger partial charge in [-0.05, 0) is 61.2 Å². The molecule has 2 aromatic rings. The van der Waals surface area contributed by atoms with Gasteiger partial charge in [0.2, 0.25) is 5.91 Å². The van der Waals surface area contributed by atoms with Crippen molar-refractivity contribution in [2.75, 3.05) is 13.1 Å². The normalized spacial score (nSPS) is 11.4. The number of rotatable bonds is 9. The molecule has 0 fully saturated rings. The summed E-state index contributed by atoms with van der Waals surface area (Å²) >= 11 is 11.3. The molecule has 27 heavy (non-hydrogen) atoms. The Bertz CT molecular complexity index is 783. The lowest BCUT2D eigenvalue weighted by molar-refractivity contribution is -0.132. The van der Waals surface area contributed by atoms with Gasteiger partial charge in [0.25, 0.3) is 0 Å². The molecule has 1 aromatic heterocycles. The highest BCUT2D eigenvalue weighted by Gasteiger charge is 2.18. The zero-order valence-electron chi connectivity index (χ0n) is 16.5. The summed E-state index contributed by atoms with van der Waals surface area (Å²) in [5, 5.41) is 7.77. The molecule has 0 aliphatic rings. The lowest BCUT2D eigenvalue weighted by atomic mass is 10.1. The standard InChI is InChI=1S/C20H29ClN4OS/c1-14(2)9-11-24(12-10-15(3)4)18(26)13-25-19(22-23-20(25)27)16-5-7-17(21)8-6-16/h5-8,14-15H,9-13H2,1-4H3,(H,23,27). The van der Waals surface area contributed by atoms with E-state index < -0.39 is 0 Å². The number of hydrogen-bond donors (Lipinski definition) is 1. The van der Waals surface area contributed by atoms with Gasteiger partial charge in [-0.1, -0.05) is 39.3 Å². The van der Waals surface area contributed by atoms with Crippen LogP contribution in [0.1, 0.15) is 40.5 Å². The molecule has 1 heterocycles. The Balaban J connectivity index is 2.19. The zero-order valence-corrected chi connectivity index (χ0v) is 18.1. The first-order chi connectivity index (χ1) is 12.8. The van der Waals surface area contributed by atoms with E-state index in [-0.39, 0.29) is 12.5 Å². The predicted octanol–water partition coefficient (Wildman–Crippen LogP) is 5.18. The van der Waals surface area contributed by atoms with E-state index in [1.807, 2.05) is 17.0 Å². The highest BCUT2D eigenvalue weighted by molar-refractivity contribution is 7.71.